The molecule has 3 aromatic rings. The molecule has 0 aromatic carbocycles. The lowest BCUT2D eigenvalue weighted by atomic mass is 10.1. The van der Waals surface area contributed by atoms with Crippen LogP contribution >= 0.6 is 0 Å². The minimum atomic E-state index is -0.0434. The van der Waals surface area contributed by atoms with Crippen LogP contribution in [0.3, 0.4) is 0 Å². The average molecular weight is 423 g/mol. The summed E-state index contributed by atoms with van der Waals surface area (Å²) in [4.78, 5) is 9.17. The molecule has 31 heavy (non-hydrogen) atoms. The Morgan fingerprint density at radius 1 is 1.19 bits per heavy atom. The predicted octanol–water partition coefficient (Wildman–Crippen LogP) is 2.40. The Balaban J connectivity index is 1.47. The van der Waals surface area contributed by atoms with E-state index in [-0.39, 0.29) is 12.1 Å². The van der Waals surface area contributed by atoms with Gasteiger partial charge in [0, 0.05) is 30.5 Å². The number of ether oxygens (including phenoxy) is 3. The van der Waals surface area contributed by atoms with Gasteiger partial charge < -0.3 is 24.1 Å². The van der Waals surface area contributed by atoms with Crippen molar-refractivity contribution in [1.82, 2.24) is 24.3 Å². The number of aryl methyl sites for hydroxylation is 1. The number of aromatic nitrogens is 5. The first-order valence-electron chi connectivity index (χ1n) is 10.4. The van der Waals surface area contributed by atoms with E-state index in [2.05, 4.69) is 35.3 Å². The summed E-state index contributed by atoms with van der Waals surface area (Å²) in [6.07, 6.45) is 3.51. The van der Waals surface area contributed by atoms with Crippen molar-refractivity contribution in [2.45, 2.75) is 26.0 Å². The topological polar surface area (TPSA) is 112 Å². The van der Waals surface area contributed by atoms with E-state index in [0.29, 0.717) is 67.1 Å². The highest BCUT2D eigenvalue weighted by molar-refractivity contribution is 5.79. The fourth-order valence-corrected chi connectivity index (χ4v) is 4.17. The van der Waals surface area contributed by atoms with Crippen LogP contribution < -0.4 is 10.1 Å². The molecule has 2 aliphatic rings. The Labute approximate surface area is 179 Å². The van der Waals surface area contributed by atoms with Crippen molar-refractivity contribution in [3.05, 3.63) is 24.2 Å². The molecule has 5 rings (SSSR count). The number of nitrogens with one attached hydrogen (secondary N) is 1. The van der Waals surface area contributed by atoms with Gasteiger partial charge in [-0.1, -0.05) is 13.8 Å². The smallest absolute Gasteiger partial charge is 0.257 e. The van der Waals surface area contributed by atoms with Crippen LogP contribution in [0.15, 0.2) is 18.5 Å². The van der Waals surface area contributed by atoms with E-state index in [1.54, 1.807) is 10.9 Å². The van der Waals surface area contributed by atoms with Gasteiger partial charge in [0.15, 0.2) is 0 Å². The van der Waals surface area contributed by atoms with E-state index in [0.717, 1.165) is 5.39 Å². The fraction of sp³-hybridized carbons (Fsp3) is 0.524. The molecule has 0 saturated carbocycles. The van der Waals surface area contributed by atoms with Crippen LogP contribution in [0, 0.1) is 23.2 Å². The first-order valence-corrected chi connectivity index (χ1v) is 10.4. The largest absolute Gasteiger partial charge is 0.469 e. The van der Waals surface area contributed by atoms with Gasteiger partial charge in [0.1, 0.15) is 29.2 Å². The van der Waals surface area contributed by atoms with Crippen LogP contribution in [0.25, 0.3) is 11.0 Å². The quantitative estimate of drug-likeness (QED) is 0.666. The number of hydrogen-bond acceptors (Lipinski definition) is 8. The maximum Gasteiger partial charge on any atom is 0.257 e. The van der Waals surface area contributed by atoms with Crippen molar-refractivity contribution in [1.29, 1.82) is 5.26 Å². The third-order valence-corrected chi connectivity index (χ3v) is 5.95. The summed E-state index contributed by atoms with van der Waals surface area (Å²) >= 11 is 0. The number of anilines is 2. The van der Waals surface area contributed by atoms with Crippen LogP contribution in [0.4, 0.5) is 11.6 Å². The molecule has 0 unspecified atom stereocenters. The fourth-order valence-electron chi connectivity index (χ4n) is 4.17. The van der Waals surface area contributed by atoms with Gasteiger partial charge in [-0.2, -0.15) is 10.2 Å². The molecule has 0 spiro atoms. The first-order chi connectivity index (χ1) is 15.0. The summed E-state index contributed by atoms with van der Waals surface area (Å²) in [5.41, 5.74) is 1.95. The lowest BCUT2D eigenvalue weighted by molar-refractivity contribution is 0.134. The van der Waals surface area contributed by atoms with Crippen molar-refractivity contribution in [2.75, 3.05) is 31.7 Å². The van der Waals surface area contributed by atoms with Crippen molar-refractivity contribution < 1.29 is 14.2 Å². The average Bonchev–Trinajstić information content (AvgIpc) is 3.50. The van der Waals surface area contributed by atoms with Gasteiger partial charge in [-0.3, -0.25) is 4.68 Å². The molecule has 0 radical (unpaired) electrons. The molecule has 10 heteroatoms. The molecule has 2 aliphatic heterocycles. The van der Waals surface area contributed by atoms with E-state index < -0.39 is 0 Å². The van der Waals surface area contributed by atoms with Gasteiger partial charge in [0.25, 0.3) is 5.88 Å². The highest BCUT2D eigenvalue weighted by atomic mass is 16.6. The summed E-state index contributed by atoms with van der Waals surface area (Å²) in [5, 5.41) is 18.1. The molecular formula is C21H25N7O3. The summed E-state index contributed by atoms with van der Waals surface area (Å²) in [5.74, 6) is 1.49. The lowest BCUT2D eigenvalue weighted by Crippen LogP contribution is -2.23. The Morgan fingerprint density at radius 2 is 2.00 bits per heavy atom. The van der Waals surface area contributed by atoms with Gasteiger partial charge in [0.2, 0.25) is 5.95 Å². The SMILES string of the molecule is C[C@H]1COC[C@@H]1Oc1nn(C)cc1Nc1ncc2cc(C#N)n([C@H]3COC[C@@H]3C)c2n1. The minimum Gasteiger partial charge on any atom is -0.469 e. The highest BCUT2D eigenvalue weighted by Gasteiger charge is 2.30. The summed E-state index contributed by atoms with van der Waals surface area (Å²) in [6.45, 7) is 6.68. The summed E-state index contributed by atoms with van der Waals surface area (Å²) < 4.78 is 20.9. The lowest BCUT2D eigenvalue weighted by Gasteiger charge is -2.18. The van der Waals surface area contributed by atoms with E-state index >= 15 is 0 Å². The van der Waals surface area contributed by atoms with Crippen LogP contribution in [-0.2, 0) is 16.5 Å². The van der Waals surface area contributed by atoms with Crippen molar-refractivity contribution in [3.63, 3.8) is 0 Å². The molecule has 4 atom stereocenters. The standard InChI is InChI=1S/C21H25N7O3/c1-12-8-29-10-17(12)28-15(5-22)4-14-6-23-21(25-19(14)28)24-16-7-27(3)26-20(16)31-18-11-30-9-13(18)2/h4,6-7,12-13,17-18H,8-11H2,1-3H3,(H,23,24,25)/t12-,13-,17-,18-/m0/s1. The van der Waals surface area contributed by atoms with Crippen molar-refractivity contribution in [3.8, 4) is 11.9 Å². The minimum absolute atomic E-state index is 0.0434. The third kappa shape index (κ3) is 3.60. The molecule has 162 valence electrons. The van der Waals surface area contributed by atoms with Gasteiger partial charge >= 0.3 is 0 Å². The maximum atomic E-state index is 9.65. The second kappa shape index (κ2) is 7.83. The van der Waals surface area contributed by atoms with Gasteiger partial charge in [0.05, 0.1) is 38.7 Å². The number of rotatable bonds is 5. The Hall–Kier alpha value is -3.16. The molecule has 2 saturated heterocycles. The number of nitrogens with zero attached hydrogens (tertiary/aromatic N) is 6. The zero-order chi connectivity index (χ0) is 21.5. The number of nitriles is 1. The second-order valence-electron chi connectivity index (χ2n) is 8.38. The van der Waals surface area contributed by atoms with E-state index in [4.69, 9.17) is 19.2 Å². The molecule has 10 nitrogen and oxygen atoms in total. The molecular weight excluding hydrogens is 398 g/mol. The second-order valence-corrected chi connectivity index (χ2v) is 8.38. The van der Waals surface area contributed by atoms with Crippen molar-refractivity contribution in [2.24, 2.45) is 18.9 Å². The van der Waals surface area contributed by atoms with Crippen LogP contribution in [0.1, 0.15) is 25.6 Å². The first kappa shape index (κ1) is 19.8. The van der Waals surface area contributed by atoms with E-state index in [1.165, 1.54) is 0 Å². The predicted molar refractivity (Wildman–Crippen MR) is 112 cm³/mol. The van der Waals surface area contributed by atoms with Gasteiger partial charge in [-0.15, -0.1) is 5.10 Å². The summed E-state index contributed by atoms with van der Waals surface area (Å²) in [6, 6.07) is 4.17. The molecule has 0 bridgehead atoms. The Kier molecular flexibility index (Phi) is 5.00. The van der Waals surface area contributed by atoms with Gasteiger partial charge in [-0.05, 0) is 6.07 Å². The third-order valence-electron chi connectivity index (χ3n) is 5.95. The molecule has 0 amide bonds. The van der Waals surface area contributed by atoms with E-state index in [1.807, 2.05) is 23.9 Å². The normalized spacial score (nSPS) is 25.7. The van der Waals surface area contributed by atoms with Crippen molar-refractivity contribution >= 4 is 22.7 Å². The van der Waals surface area contributed by atoms with Gasteiger partial charge in [-0.25, -0.2) is 4.98 Å². The van der Waals surface area contributed by atoms with Crippen LogP contribution in [0.5, 0.6) is 5.88 Å². The Bertz CT molecular complexity index is 1150. The van der Waals surface area contributed by atoms with E-state index in [9.17, 15) is 5.26 Å². The molecule has 5 heterocycles. The van der Waals surface area contributed by atoms with Crippen LogP contribution in [-0.4, -0.2) is 56.8 Å². The summed E-state index contributed by atoms with van der Waals surface area (Å²) in [7, 11) is 1.84. The number of hydrogen-bond donors (Lipinski definition) is 1. The molecule has 1 N–H and O–H groups in total. The maximum absolute atomic E-state index is 9.65. The Morgan fingerprint density at radius 3 is 2.71 bits per heavy atom. The number of fused-ring (bicyclic) bond motifs is 1. The van der Waals surface area contributed by atoms with Crippen LogP contribution in [0.2, 0.25) is 0 Å². The zero-order valence-electron chi connectivity index (χ0n) is 17.8. The zero-order valence-corrected chi connectivity index (χ0v) is 17.8. The molecule has 2 fully saturated rings. The monoisotopic (exact) mass is 423 g/mol. The molecule has 3 aromatic heterocycles. The molecule has 0 aliphatic carbocycles. The highest BCUT2D eigenvalue weighted by Crippen LogP contribution is 2.33.